The molecule has 5 aromatic heterocycles. The Hall–Kier alpha value is -4.36. The number of hydrogen-bond acceptors (Lipinski definition) is 5. The SMILES string of the molecule is c1cncc(-c2nccc3[nH]c(-c4n[nH]c5ccc(-c6cncc(CNCC7CCCC7)c6)cc45)cc23)c1. The highest BCUT2D eigenvalue weighted by molar-refractivity contribution is 6.00. The van der Waals surface area contributed by atoms with Gasteiger partial charge in [0.1, 0.15) is 5.69 Å². The third-order valence-electron chi connectivity index (χ3n) is 7.67. The van der Waals surface area contributed by atoms with E-state index in [1.807, 2.05) is 43.0 Å². The molecule has 0 aliphatic heterocycles. The first kappa shape index (κ1) is 22.8. The van der Waals surface area contributed by atoms with Crippen molar-refractivity contribution < 1.29 is 0 Å². The molecule has 1 aliphatic carbocycles. The third kappa shape index (κ3) is 4.35. The van der Waals surface area contributed by atoms with Gasteiger partial charge in [-0.25, -0.2) is 0 Å². The predicted octanol–water partition coefficient (Wildman–Crippen LogP) is 6.51. The maximum Gasteiger partial charge on any atom is 0.116 e. The Labute approximate surface area is 220 Å². The van der Waals surface area contributed by atoms with E-state index in [2.05, 4.69) is 65.8 Å². The molecule has 7 rings (SSSR count). The number of pyridine rings is 3. The quantitative estimate of drug-likeness (QED) is 0.233. The van der Waals surface area contributed by atoms with E-state index in [0.717, 1.165) is 74.6 Å². The molecule has 3 N–H and O–H groups in total. The highest BCUT2D eigenvalue weighted by Gasteiger charge is 2.16. The minimum atomic E-state index is 0.828. The second-order valence-electron chi connectivity index (χ2n) is 10.2. The van der Waals surface area contributed by atoms with E-state index in [1.165, 1.54) is 31.2 Å². The van der Waals surface area contributed by atoms with Crippen LogP contribution >= 0.6 is 0 Å². The second-order valence-corrected chi connectivity index (χ2v) is 10.2. The lowest BCUT2D eigenvalue weighted by molar-refractivity contribution is 0.489. The van der Waals surface area contributed by atoms with Crippen molar-refractivity contribution in [1.29, 1.82) is 0 Å². The van der Waals surface area contributed by atoms with Crippen LogP contribution in [-0.4, -0.2) is 36.7 Å². The molecular weight excluding hydrogens is 470 g/mol. The molecule has 7 nitrogen and oxygen atoms in total. The van der Waals surface area contributed by atoms with Crippen molar-refractivity contribution in [3.63, 3.8) is 0 Å². The second kappa shape index (κ2) is 9.84. The van der Waals surface area contributed by atoms with E-state index in [9.17, 15) is 0 Å². The van der Waals surface area contributed by atoms with E-state index in [0.29, 0.717) is 0 Å². The van der Waals surface area contributed by atoms with E-state index in [1.54, 1.807) is 6.20 Å². The fraction of sp³-hybridized carbons (Fsp3) is 0.226. The van der Waals surface area contributed by atoms with E-state index in [4.69, 9.17) is 0 Å². The highest BCUT2D eigenvalue weighted by atomic mass is 15.1. The van der Waals surface area contributed by atoms with Gasteiger partial charge in [-0.05, 0) is 78.9 Å². The summed E-state index contributed by atoms with van der Waals surface area (Å²) in [4.78, 5) is 17.0. The standard InChI is InChI=1S/C31H29N7/c1-2-5-20(4-1)15-33-16-21-12-24(19-34-17-21)22-7-8-28-25(13-22)31(38-37-28)29-14-26-27(36-29)9-11-35-30(26)23-6-3-10-32-18-23/h3,6-14,17-20,33,36H,1-2,4-5,15-16H2,(H,37,38). The zero-order valence-corrected chi connectivity index (χ0v) is 21.1. The van der Waals surface area contributed by atoms with Gasteiger partial charge in [0.2, 0.25) is 0 Å². The zero-order valence-electron chi connectivity index (χ0n) is 21.1. The van der Waals surface area contributed by atoms with Crippen LogP contribution in [0.1, 0.15) is 31.2 Å². The molecular formula is C31H29N7. The van der Waals surface area contributed by atoms with Crippen LogP contribution in [0.5, 0.6) is 0 Å². The summed E-state index contributed by atoms with van der Waals surface area (Å²) in [5.41, 5.74) is 9.18. The van der Waals surface area contributed by atoms with Gasteiger partial charge >= 0.3 is 0 Å². The summed E-state index contributed by atoms with van der Waals surface area (Å²) in [5, 5.41) is 13.6. The molecule has 0 saturated heterocycles. The Kier molecular flexibility index (Phi) is 5.90. The maximum atomic E-state index is 4.68. The average molecular weight is 500 g/mol. The Morgan fingerprint density at radius 3 is 2.58 bits per heavy atom. The fourth-order valence-electron chi connectivity index (χ4n) is 5.69. The number of hydrogen-bond donors (Lipinski definition) is 3. The van der Waals surface area contributed by atoms with Gasteiger partial charge in [-0.15, -0.1) is 0 Å². The molecule has 188 valence electrons. The zero-order chi connectivity index (χ0) is 25.3. The highest BCUT2D eigenvalue weighted by Crippen LogP contribution is 2.34. The lowest BCUT2D eigenvalue weighted by atomic mass is 10.0. The van der Waals surface area contributed by atoms with Crippen LogP contribution in [0.4, 0.5) is 0 Å². The van der Waals surface area contributed by atoms with Crippen LogP contribution in [0.25, 0.3) is 55.6 Å². The number of nitrogens with one attached hydrogen (secondary N) is 3. The number of aromatic nitrogens is 6. The average Bonchev–Trinajstić information content (AvgIpc) is 3.73. The molecule has 5 heterocycles. The lowest BCUT2D eigenvalue weighted by Gasteiger charge is -2.11. The molecule has 1 saturated carbocycles. The Balaban J connectivity index is 1.20. The van der Waals surface area contributed by atoms with Crippen LogP contribution in [0.15, 0.2) is 79.5 Å². The Morgan fingerprint density at radius 1 is 0.789 bits per heavy atom. The summed E-state index contributed by atoms with van der Waals surface area (Å²) in [7, 11) is 0. The van der Waals surface area contributed by atoms with Crippen LogP contribution in [-0.2, 0) is 6.54 Å². The summed E-state index contributed by atoms with van der Waals surface area (Å²) in [6, 6.07) is 16.8. The van der Waals surface area contributed by atoms with Gasteiger partial charge in [0, 0.05) is 64.9 Å². The Morgan fingerprint density at radius 2 is 1.68 bits per heavy atom. The summed E-state index contributed by atoms with van der Waals surface area (Å²) in [6.45, 7) is 1.94. The van der Waals surface area contributed by atoms with Crippen molar-refractivity contribution in [2.75, 3.05) is 6.54 Å². The van der Waals surface area contributed by atoms with Crippen molar-refractivity contribution in [2.45, 2.75) is 32.2 Å². The number of benzene rings is 1. The third-order valence-corrected chi connectivity index (χ3v) is 7.67. The number of aromatic amines is 2. The van der Waals surface area contributed by atoms with Crippen molar-refractivity contribution in [3.05, 3.63) is 85.1 Å². The van der Waals surface area contributed by atoms with Crippen LogP contribution in [0, 0.1) is 5.92 Å². The van der Waals surface area contributed by atoms with E-state index in [-0.39, 0.29) is 0 Å². The molecule has 0 radical (unpaired) electrons. The van der Waals surface area contributed by atoms with E-state index < -0.39 is 0 Å². The molecule has 7 heteroatoms. The maximum absolute atomic E-state index is 4.68. The summed E-state index contributed by atoms with van der Waals surface area (Å²) in [6.07, 6.45) is 14.8. The van der Waals surface area contributed by atoms with Crippen molar-refractivity contribution in [1.82, 2.24) is 35.5 Å². The first-order chi connectivity index (χ1) is 18.8. The normalized spacial score (nSPS) is 14.1. The molecule has 1 aromatic carbocycles. The molecule has 38 heavy (non-hydrogen) atoms. The Bertz CT molecular complexity index is 1710. The van der Waals surface area contributed by atoms with Crippen LogP contribution in [0.2, 0.25) is 0 Å². The molecule has 0 bridgehead atoms. The summed E-state index contributed by atoms with van der Waals surface area (Å²) in [5.74, 6) is 0.828. The first-order valence-electron chi connectivity index (χ1n) is 13.3. The van der Waals surface area contributed by atoms with Crippen LogP contribution in [0.3, 0.4) is 0 Å². The molecule has 1 aliphatic rings. The number of nitrogens with zero attached hydrogens (tertiary/aromatic N) is 4. The molecule has 0 amide bonds. The largest absolute Gasteiger partial charge is 0.353 e. The smallest absolute Gasteiger partial charge is 0.116 e. The van der Waals surface area contributed by atoms with Crippen molar-refractivity contribution >= 4 is 21.8 Å². The van der Waals surface area contributed by atoms with Crippen LogP contribution < -0.4 is 5.32 Å². The van der Waals surface area contributed by atoms with Gasteiger partial charge in [-0.1, -0.05) is 18.9 Å². The van der Waals surface area contributed by atoms with Gasteiger partial charge in [-0.2, -0.15) is 5.10 Å². The topological polar surface area (TPSA) is 95.2 Å². The molecule has 6 aromatic rings. The number of H-pyrrole nitrogens is 2. The minimum Gasteiger partial charge on any atom is -0.353 e. The van der Waals surface area contributed by atoms with Gasteiger partial charge in [0.25, 0.3) is 0 Å². The molecule has 0 unspecified atom stereocenters. The van der Waals surface area contributed by atoms with E-state index >= 15 is 0 Å². The van der Waals surface area contributed by atoms with Crippen molar-refractivity contribution in [2.24, 2.45) is 5.92 Å². The number of fused-ring (bicyclic) bond motifs is 2. The van der Waals surface area contributed by atoms with Gasteiger partial charge in [0.15, 0.2) is 0 Å². The summed E-state index contributed by atoms with van der Waals surface area (Å²) >= 11 is 0. The monoisotopic (exact) mass is 499 g/mol. The minimum absolute atomic E-state index is 0.828. The number of rotatable bonds is 7. The molecule has 0 atom stereocenters. The molecule has 1 fully saturated rings. The first-order valence-corrected chi connectivity index (χ1v) is 13.3. The lowest BCUT2D eigenvalue weighted by Crippen LogP contribution is -2.20. The fourth-order valence-corrected chi connectivity index (χ4v) is 5.69. The van der Waals surface area contributed by atoms with Gasteiger partial charge in [0.05, 0.1) is 16.9 Å². The van der Waals surface area contributed by atoms with Gasteiger partial charge < -0.3 is 10.3 Å². The van der Waals surface area contributed by atoms with Gasteiger partial charge in [-0.3, -0.25) is 20.1 Å². The predicted molar refractivity (Wildman–Crippen MR) is 151 cm³/mol. The molecule has 0 spiro atoms. The summed E-state index contributed by atoms with van der Waals surface area (Å²) < 4.78 is 0. The van der Waals surface area contributed by atoms with Crippen molar-refractivity contribution in [3.8, 4) is 33.8 Å².